The summed E-state index contributed by atoms with van der Waals surface area (Å²) < 4.78 is 19.1. The van der Waals surface area contributed by atoms with Crippen molar-refractivity contribution in [2.75, 3.05) is 6.61 Å². The minimum absolute atomic E-state index is 0.00536. The number of ether oxygens (including phenoxy) is 4. The number of alkyl halides is 3. The number of rotatable bonds is 4. The van der Waals surface area contributed by atoms with E-state index in [-0.39, 0.29) is 18.4 Å². The van der Waals surface area contributed by atoms with Gasteiger partial charge in [0.1, 0.15) is 6.61 Å². The molecular weight excluding hydrogens is 385 g/mol. The van der Waals surface area contributed by atoms with Crippen LogP contribution >= 0.6 is 34.8 Å². The number of halogens is 3. The molecule has 1 saturated heterocycles. The molecule has 0 radical (unpaired) electrons. The van der Waals surface area contributed by atoms with E-state index in [0.29, 0.717) is 0 Å². The van der Waals surface area contributed by atoms with Crippen LogP contribution in [-0.4, -0.2) is 46.7 Å². The maximum Gasteiger partial charge on any atom is 0.303 e. The third-order valence-corrected chi connectivity index (χ3v) is 4.27. The smallest absolute Gasteiger partial charge is 0.303 e. The molecule has 0 aromatic carbocycles. The van der Waals surface area contributed by atoms with Crippen LogP contribution in [0.3, 0.4) is 0 Å². The van der Waals surface area contributed by atoms with Gasteiger partial charge in [-0.1, -0.05) is 48.7 Å². The van der Waals surface area contributed by atoms with Crippen LogP contribution < -0.4 is 0 Å². The van der Waals surface area contributed by atoms with E-state index in [4.69, 9.17) is 59.2 Å². The number of hydrogen-bond donors (Lipinski definition) is 1. The zero-order chi connectivity index (χ0) is 18.7. The number of carbonyl (C=O) groups excluding carboxylic acids is 2. The van der Waals surface area contributed by atoms with Gasteiger partial charge in [-0.2, -0.15) is 0 Å². The van der Waals surface area contributed by atoms with Crippen molar-refractivity contribution in [3.05, 3.63) is 0 Å². The Morgan fingerprint density at radius 1 is 1.08 bits per heavy atom. The predicted molar refractivity (Wildman–Crippen MR) is 88.3 cm³/mol. The van der Waals surface area contributed by atoms with Crippen molar-refractivity contribution in [1.82, 2.24) is 0 Å². The van der Waals surface area contributed by atoms with Crippen LogP contribution in [0, 0.1) is 17.2 Å². The van der Waals surface area contributed by atoms with Crippen molar-refractivity contribution in [1.29, 1.82) is 5.41 Å². The first-order chi connectivity index (χ1) is 10.9. The molecule has 7 nitrogen and oxygen atoms in total. The van der Waals surface area contributed by atoms with Gasteiger partial charge in [0.15, 0.2) is 6.10 Å². The Bertz CT molecular complexity index is 493. The fourth-order valence-corrected chi connectivity index (χ4v) is 2.42. The van der Waals surface area contributed by atoms with E-state index < -0.39 is 40.1 Å². The Hall–Kier alpha value is -0.760. The second kappa shape index (κ2) is 8.56. The Morgan fingerprint density at radius 2 is 1.67 bits per heavy atom. The van der Waals surface area contributed by atoms with Gasteiger partial charge in [0.2, 0.25) is 12.2 Å². The lowest BCUT2D eigenvalue weighted by molar-refractivity contribution is -0.258. The molecule has 1 heterocycles. The first kappa shape index (κ1) is 21.3. The second-order valence-corrected chi connectivity index (χ2v) is 7.86. The second-order valence-electron chi connectivity index (χ2n) is 5.58. The zero-order valence-electron chi connectivity index (χ0n) is 13.7. The van der Waals surface area contributed by atoms with Gasteiger partial charge in [-0.3, -0.25) is 15.0 Å². The molecule has 0 amide bonds. The van der Waals surface area contributed by atoms with Crippen LogP contribution in [0.2, 0.25) is 0 Å². The van der Waals surface area contributed by atoms with Crippen LogP contribution in [-0.2, 0) is 28.5 Å². The molecule has 0 aliphatic carbocycles. The predicted octanol–water partition coefficient (Wildman–Crippen LogP) is 2.84. The summed E-state index contributed by atoms with van der Waals surface area (Å²) in [4.78, 5) is 22.4. The van der Waals surface area contributed by atoms with Crippen LogP contribution in [0.4, 0.5) is 0 Å². The average molecular weight is 405 g/mol. The molecule has 1 aliphatic rings. The SMILES string of the molecule is CC(=O)OCC1OC(OC(=N)C(Cl)(Cl)Cl)C(OC(C)=O)C(C)C1C. The largest absolute Gasteiger partial charge is 0.463 e. The first-order valence-electron chi connectivity index (χ1n) is 7.22. The minimum atomic E-state index is -2.08. The van der Waals surface area contributed by atoms with Gasteiger partial charge in [0.05, 0.1) is 6.10 Å². The van der Waals surface area contributed by atoms with Crippen molar-refractivity contribution in [2.24, 2.45) is 11.8 Å². The summed E-state index contributed by atoms with van der Waals surface area (Å²) in [6.07, 6.45) is -2.49. The van der Waals surface area contributed by atoms with Gasteiger partial charge in [-0.05, 0) is 5.92 Å². The lowest BCUT2D eigenvalue weighted by Crippen LogP contribution is -2.54. The number of carbonyl (C=O) groups is 2. The molecule has 0 spiro atoms. The quantitative estimate of drug-likeness (QED) is 0.335. The van der Waals surface area contributed by atoms with E-state index in [2.05, 4.69) is 0 Å². The Morgan fingerprint density at radius 3 is 2.12 bits per heavy atom. The normalized spacial score (nSPS) is 30.4. The molecule has 138 valence electrons. The van der Waals surface area contributed by atoms with Crippen molar-refractivity contribution in [3.8, 4) is 0 Å². The molecule has 1 N–H and O–H groups in total. The maximum atomic E-state index is 11.4. The lowest BCUT2D eigenvalue weighted by atomic mass is 9.83. The van der Waals surface area contributed by atoms with Gasteiger partial charge < -0.3 is 18.9 Å². The van der Waals surface area contributed by atoms with Crippen LogP contribution in [0.25, 0.3) is 0 Å². The summed E-state index contributed by atoms with van der Waals surface area (Å²) in [5.41, 5.74) is 0. The fourth-order valence-electron chi connectivity index (χ4n) is 2.28. The topological polar surface area (TPSA) is 94.9 Å². The molecular formula is C14H20Cl3NO6. The number of esters is 2. The Kier molecular flexibility index (Phi) is 7.59. The van der Waals surface area contributed by atoms with Gasteiger partial charge in [-0.25, -0.2) is 0 Å². The van der Waals surface area contributed by atoms with E-state index in [1.165, 1.54) is 13.8 Å². The average Bonchev–Trinajstić information content (AvgIpc) is 2.43. The van der Waals surface area contributed by atoms with Crippen molar-refractivity contribution in [3.63, 3.8) is 0 Å². The highest BCUT2D eigenvalue weighted by Gasteiger charge is 2.46. The van der Waals surface area contributed by atoms with E-state index in [1.807, 2.05) is 13.8 Å². The van der Waals surface area contributed by atoms with Crippen LogP contribution in [0.1, 0.15) is 27.7 Å². The summed E-state index contributed by atoms with van der Waals surface area (Å²) in [6.45, 7) is 6.22. The molecule has 1 fully saturated rings. The van der Waals surface area contributed by atoms with E-state index in [1.54, 1.807) is 0 Å². The molecule has 0 bridgehead atoms. The fraction of sp³-hybridized carbons (Fsp3) is 0.786. The lowest BCUT2D eigenvalue weighted by Gasteiger charge is -2.43. The van der Waals surface area contributed by atoms with Crippen molar-refractivity contribution in [2.45, 2.75) is 50.0 Å². The Labute approximate surface area is 155 Å². The summed E-state index contributed by atoms with van der Waals surface area (Å²) in [5.74, 6) is -1.98. The summed E-state index contributed by atoms with van der Waals surface area (Å²) in [7, 11) is 0. The Balaban J connectivity index is 2.95. The molecule has 5 atom stereocenters. The summed E-state index contributed by atoms with van der Waals surface area (Å²) in [6, 6.07) is 0. The maximum absolute atomic E-state index is 11.4. The highest BCUT2D eigenvalue weighted by molar-refractivity contribution is 6.76. The molecule has 0 aromatic heterocycles. The summed E-state index contributed by atoms with van der Waals surface area (Å²) in [5, 5.41) is 7.68. The van der Waals surface area contributed by atoms with Gasteiger partial charge in [0, 0.05) is 19.8 Å². The van der Waals surface area contributed by atoms with Gasteiger partial charge in [-0.15, -0.1) is 0 Å². The van der Waals surface area contributed by atoms with Crippen molar-refractivity contribution < 1.29 is 28.5 Å². The minimum Gasteiger partial charge on any atom is -0.463 e. The van der Waals surface area contributed by atoms with Crippen LogP contribution in [0.5, 0.6) is 0 Å². The molecule has 1 aliphatic heterocycles. The highest BCUT2D eigenvalue weighted by atomic mass is 35.6. The van der Waals surface area contributed by atoms with E-state index in [9.17, 15) is 9.59 Å². The van der Waals surface area contributed by atoms with Gasteiger partial charge in [0.25, 0.3) is 3.79 Å². The molecule has 1 rings (SSSR count). The molecule has 0 aromatic rings. The third-order valence-electron chi connectivity index (χ3n) is 3.76. The first-order valence-corrected chi connectivity index (χ1v) is 8.35. The van der Waals surface area contributed by atoms with E-state index >= 15 is 0 Å². The molecule has 24 heavy (non-hydrogen) atoms. The van der Waals surface area contributed by atoms with Crippen molar-refractivity contribution >= 4 is 52.6 Å². The van der Waals surface area contributed by atoms with Crippen LogP contribution in [0.15, 0.2) is 0 Å². The highest BCUT2D eigenvalue weighted by Crippen LogP contribution is 2.36. The molecule has 5 unspecified atom stereocenters. The standard InChI is InChI=1S/C14H20Cl3NO6/c1-6-7(2)11(22-9(4)20)12(24-13(18)14(15,16)17)23-10(6)5-21-8(3)19/h6-7,10-12,18H,5H2,1-4H3. The summed E-state index contributed by atoms with van der Waals surface area (Å²) >= 11 is 16.8. The van der Waals surface area contributed by atoms with E-state index in [0.717, 1.165) is 0 Å². The zero-order valence-corrected chi connectivity index (χ0v) is 15.9. The monoisotopic (exact) mass is 403 g/mol. The molecule has 0 saturated carbocycles. The van der Waals surface area contributed by atoms with Gasteiger partial charge >= 0.3 is 11.9 Å². The molecule has 10 heteroatoms. The number of nitrogens with one attached hydrogen (secondary N) is 1. The number of hydrogen-bond acceptors (Lipinski definition) is 7. The third kappa shape index (κ3) is 5.95.